The van der Waals surface area contributed by atoms with Gasteiger partial charge in [0.1, 0.15) is 0 Å². The van der Waals surface area contributed by atoms with Crippen molar-refractivity contribution in [1.82, 2.24) is 0 Å². The zero-order valence-corrected chi connectivity index (χ0v) is 10.1. The summed E-state index contributed by atoms with van der Waals surface area (Å²) in [6, 6.07) is 8.45. The van der Waals surface area contributed by atoms with Crippen LogP contribution in [0.2, 0.25) is 0 Å². The van der Waals surface area contributed by atoms with Crippen LogP contribution in [0.25, 0.3) is 6.08 Å². The second-order valence-electron chi connectivity index (χ2n) is 2.62. The SMILES string of the molecule is CSc1ccccc1C=CCCBr. The monoisotopic (exact) mass is 256 g/mol. The summed E-state index contributed by atoms with van der Waals surface area (Å²) >= 11 is 5.19. The molecule has 0 aliphatic rings. The highest BCUT2D eigenvalue weighted by Gasteiger charge is 1.94. The van der Waals surface area contributed by atoms with Crippen LogP contribution in [-0.4, -0.2) is 11.6 Å². The molecule has 1 aromatic carbocycles. The Bertz CT molecular complexity index is 281. The second-order valence-corrected chi connectivity index (χ2v) is 4.26. The van der Waals surface area contributed by atoms with E-state index in [1.165, 1.54) is 10.5 Å². The van der Waals surface area contributed by atoms with Gasteiger partial charge < -0.3 is 0 Å². The van der Waals surface area contributed by atoms with Crippen molar-refractivity contribution in [2.45, 2.75) is 11.3 Å². The van der Waals surface area contributed by atoms with E-state index in [0.29, 0.717) is 0 Å². The fourth-order valence-electron chi connectivity index (χ4n) is 1.08. The maximum atomic E-state index is 3.40. The number of hydrogen-bond donors (Lipinski definition) is 0. The van der Waals surface area contributed by atoms with Gasteiger partial charge in [-0.05, 0) is 24.3 Å². The van der Waals surface area contributed by atoms with E-state index < -0.39 is 0 Å². The Balaban J connectivity index is 2.74. The van der Waals surface area contributed by atoms with Gasteiger partial charge in [0.05, 0.1) is 0 Å². The van der Waals surface area contributed by atoms with Gasteiger partial charge in [0.15, 0.2) is 0 Å². The van der Waals surface area contributed by atoms with Gasteiger partial charge >= 0.3 is 0 Å². The molecule has 0 aliphatic carbocycles. The van der Waals surface area contributed by atoms with Crippen molar-refractivity contribution >= 4 is 33.8 Å². The molecular formula is C11H13BrS. The van der Waals surface area contributed by atoms with Gasteiger partial charge in [0.25, 0.3) is 0 Å². The molecule has 1 aromatic rings. The summed E-state index contributed by atoms with van der Waals surface area (Å²) in [5.41, 5.74) is 1.32. The van der Waals surface area contributed by atoms with Crippen molar-refractivity contribution in [2.75, 3.05) is 11.6 Å². The van der Waals surface area contributed by atoms with E-state index in [4.69, 9.17) is 0 Å². The Kier molecular flexibility index (Phi) is 5.25. The lowest BCUT2D eigenvalue weighted by Crippen LogP contribution is -1.77. The molecule has 13 heavy (non-hydrogen) atoms. The van der Waals surface area contributed by atoms with Crippen LogP contribution in [0.4, 0.5) is 0 Å². The van der Waals surface area contributed by atoms with Gasteiger partial charge in [-0.1, -0.05) is 46.3 Å². The largest absolute Gasteiger partial charge is 0.129 e. The summed E-state index contributed by atoms with van der Waals surface area (Å²) in [5.74, 6) is 0. The Hall–Kier alpha value is -0.210. The minimum atomic E-state index is 1.03. The number of alkyl halides is 1. The molecule has 0 amide bonds. The van der Waals surface area contributed by atoms with Gasteiger partial charge in [0, 0.05) is 10.2 Å². The number of halogens is 1. The molecule has 0 fully saturated rings. The van der Waals surface area contributed by atoms with Crippen LogP contribution in [0.5, 0.6) is 0 Å². The Morgan fingerprint density at radius 2 is 2.15 bits per heavy atom. The number of allylic oxidation sites excluding steroid dienone is 1. The van der Waals surface area contributed by atoms with Gasteiger partial charge in [-0.2, -0.15) is 0 Å². The van der Waals surface area contributed by atoms with E-state index in [-0.39, 0.29) is 0 Å². The van der Waals surface area contributed by atoms with Crippen LogP contribution in [0.3, 0.4) is 0 Å². The van der Waals surface area contributed by atoms with E-state index >= 15 is 0 Å². The molecule has 0 nitrogen and oxygen atoms in total. The first kappa shape index (κ1) is 10.9. The molecule has 0 bridgehead atoms. The molecule has 0 spiro atoms. The fraction of sp³-hybridized carbons (Fsp3) is 0.273. The van der Waals surface area contributed by atoms with Crippen molar-refractivity contribution in [3.8, 4) is 0 Å². The van der Waals surface area contributed by atoms with Crippen LogP contribution in [0.1, 0.15) is 12.0 Å². The highest BCUT2D eigenvalue weighted by Crippen LogP contribution is 2.20. The normalized spacial score (nSPS) is 10.9. The van der Waals surface area contributed by atoms with Crippen LogP contribution >= 0.6 is 27.7 Å². The average Bonchev–Trinajstić information content (AvgIpc) is 2.19. The summed E-state index contributed by atoms with van der Waals surface area (Å²) in [5, 5.41) is 1.03. The molecule has 0 saturated carbocycles. The molecule has 1 rings (SSSR count). The first-order valence-electron chi connectivity index (χ1n) is 4.24. The third-order valence-corrected chi connectivity index (χ3v) is 2.98. The molecule has 0 N–H and O–H groups in total. The first-order chi connectivity index (χ1) is 6.38. The number of rotatable bonds is 4. The number of thioether (sulfide) groups is 1. The highest BCUT2D eigenvalue weighted by atomic mass is 79.9. The standard InChI is InChI=1S/C11H13BrS/c1-13-11-8-3-2-6-10(11)7-4-5-9-12/h2-4,6-8H,5,9H2,1H3. The van der Waals surface area contributed by atoms with Crippen LogP contribution in [0, 0.1) is 0 Å². The van der Waals surface area contributed by atoms with E-state index in [1.54, 1.807) is 11.8 Å². The molecule has 2 heteroatoms. The van der Waals surface area contributed by atoms with Crippen LogP contribution in [-0.2, 0) is 0 Å². The molecular weight excluding hydrogens is 244 g/mol. The predicted molar refractivity (Wildman–Crippen MR) is 65.7 cm³/mol. The van der Waals surface area contributed by atoms with Crippen molar-refractivity contribution in [3.63, 3.8) is 0 Å². The second kappa shape index (κ2) is 6.28. The maximum Gasteiger partial charge on any atom is 0.0141 e. The van der Waals surface area contributed by atoms with Crippen molar-refractivity contribution < 1.29 is 0 Å². The molecule has 0 saturated heterocycles. The summed E-state index contributed by atoms with van der Waals surface area (Å²) in [6.07, 6.45) is 7.58. The van der Waals surface area contributed by atoms with Crippen molar-refractivity contribution in [3.05, 3.63) is 35.9 Å². The molecule has 0 radical (unpaired) electrons. The third kappa shape index (κ3) is 3.57. The molecule has 70 valence electrons. The summed E-state index contributed by atoms with van der Waals surface area (Å²) in [7, 11) is 0. The highest BCUT2D eigenvalue weighted by molar-refractivity contribution is 9.09. The lowest BCUT2D eigenvalue weighted by atomic mass is 10.2. The van der Waals surface area contributed by atoms with E-state index in [1.807, 2.05) is 0 Å². The summed E-state index contributed by atoms with van der Waals surface area (Å²) < 4.78 is 0. The molecule has 0 unspecified atom stereocenters. The molecule has 0 atom stereocenters. The van der Waals surface area contributed by atoms with Gasteiger partial charge in [-0.15, -0.1) is 11.8 Å². The molecule has 0 aliphatic heterocycles. The minimum Gasteiger partial charge on any atom is -0.129 e. The fourth-order valence-corrected chi connectivity index (χ4v) is 1.93. The van der Waals surface area contributed by atoms with Crippen LogP contribution in [0.15, 0.2) is 35.2 Å². The van der Waals surface area contributed by atoms with E-state index in [2.05, 4.69) is 58.6 Å². The number of hydrogen-bond acceptors (Lipinski definition) is 1. The van der Waals surface area contributed by atoms with Gasteiger partial charge in [0.2, 0.25) is 0 Å². The molecule has 0 aromatic heterocycles. The third-order valence-electron chi connectivity index (χ3n) is 1.71. The topological polar surface area (TPSA) is 0 Å². The predicted octanol–water partition coefficient (Wildman–Crippen LogP) is 4.21. The minimum absolute atomic E-state index is 1.03. The van der Waals surface area contributed by atoms with Crippen molar-refractivity contribution in [2.24, 2.45) is 0 Å². The molecule has 0 heterocycles. The van der Waals surface area contributed by atoms with E-state index in [0.717, 1.165) is 11.8 Å². The zero-order chi connectivity index (χ0) is 9.52. The lowest BCUT2D eigenvalue weighted by molar-refractivity contribution is 1.27. The smallest absolute Gasteiger partial charge is 0.0141 e. The lowest BCUT2D eigenvalue weighted by Gasteiger charge is -2.00. The summed E-state index contributed by atoms with van der Waals surface area (Å²) in [4.78, 5) is 1.34. The van der Waals surface area contributed by atoms with Crippen molar-refractivity contribution in [1.29, 1.82) is 0 Å². The quantitative estimate of drug-likeness (QED) is 0.575. The Labute approximate surface area is 92.6 Å². The van der Waals surface area contributed by atoms with Gasteiger partial charge in [-0.25, -0.2) is 0 Å². The first-order valence-corrected chi connectivity index (χ1v) is 6.58. The maximum absolute atomic E-state index is 3.40. The Morgan fingerprint density at radius 3 is 2.85 bits per heavy atom. The zero-order valence-electron chi connectivity index (χ0n) is 7.66. The van der Waals surface area contributed by atoms with Gasteiger partial charge in [-0.3, -0.25) is 0 Å². The Morgan fingerprint density at radius 1 is 1.38 bits per heavy atom. The average molecular weight is 257 g/mol. The number of benzene rings is 1. The van der Waals surface area contributed by atoms with E-state index in [9.17, 15) is 0 Å². The van der Waals surface area contributed by atoms with Crippen LogP contribution < -0.4 is 0 Å². The summed E-state index contributed by atoms with van der Waals surface area (Å²) in [6.45, 7) is 0.